The normalized spacial score (nSPS) is 17.6. The fraction of sp³-hybridized carbons (Fsp3) is 0.625. The Morgan fingerprint density at radius 1 is 1.03 bits per heavy atom. The Kier molecular flexibility index (Phi) is 8.50. The Morgan fingerprint density at radius 2 is 1.88 bits per heavy atom. The highest BCUT2D eigenvalue weighted by molar-refractivity contribution is 5.79. The van der Waals surface area contributed by atoms with Crippen LogP contribution in [0, 0.1) is 0 Å². The molecule has 0 saturated carbocycles. The molecular weight excluding hydrogens is 402 g/mol. The number of morpholine rings is 1. The van der Waals surface area contributed by atoms with Gasteiger partial charge < -0.3 is 19.9 Å². The van der Waals surface area contributed by atoms with E-state index in [1.54, 1.807) is 0 Å². The van der Waals surface area contributed by atoms with Gasteiger partial charge in [0, 0.05) is 59.2 Å². The topological polar surface area (TPSA) is 79.6 Å². The summed E-state index contributed by atoms with van der Waals surface area (Å²) in [6.07, 6.45) is 6.78. The van der Waals surface area contributed by atoms with Crippen molar-refractivity contribution in [3.63, 3.8) is 0 Å². The van der Waals surface area contributed by atoms with Crippen LogP contribution >= 0.6 is 0 Å². The summed E-state index contributed by atoms with van der Waals surface area (Å²) in [5, 5.41) is 15.8. The molecule has 0 atom stereocenters. The van der Waals surface area contributed by atoms with Gasteiger partial charge in [-0.25, -0.2) is 0 Å². The van der Waals surface area contributed by atoms with Crippen LogP contribution in [0.2, 0.25) is 0 Å². The molecule has 0 aliphatic carbocycles. The van der Waals surface area contributed by atoms with Gasteiger partial charge in [-0.2, -0.15) is 0 Å². The van der Waals surface area contributed by atoms with Gasteiger partial charge in [0.25, 0.3) is 0 Å². The van der Waals surface area contributed by atoms with Crippen LogP contribution in [-0.4, -0.2) is 65.5 Å². The number of nitrogens with one attached hydrogen (secondary N) is 2. The quantitative estimate of drug-likeness (QED) is 0.373. The fourth-order valence-electron chi connectivity index (χ4n) is 4.47. The lowest BCUT2D eigenvalue weighted by Gasteiger charge is -2.27. The van der Waals surface area contributed by atoms with Gasteiger partial charge in [-0.1, -0.05) is 30.7 Å². The molecule has 8 heteroatoms. The van der Waals surface area contributed by atoms with Crippen LogP contribution in [-0.2, 0) is 37.2 Å². The van der Waals surface area contributed by atoms with Gasteiger partial charge in [-0.15, -0.1) is 10.2 Å². The maximum Gasteiger partial charge on any atom is 0.191 e. The number of aromatic nitrogens is 3. The summed E-state index contributed by atoms with van der Waals surface area (Å²) >= 11 is 0. The van der Waals surface area contributed by atoms with Crippen molar-refractivity contribution in [3.8, 4) is 0 Å². The van der Waals surface area contributed by atoms with E-state index in [4.69, 9.17) is 4.74 Å². The second kappa shape index (κ2) is 12.0. The minimum Gasteiger partial charge on any atom is -0.379 e. The number of nitrogens with zero attached hydrogens (tertiary/aromatic N) is 5. The molecular formula is C24H37N7O. The lowest BCUT2D eigenvalue weighted by molar-refractivity contribution is 0.0341. The predicted octanol–water partition coefficient (Wildman–Crippen LogP) is 2.13. The van der Waals surface area contributed by atoms with E-state index in [1.807, 2.05) is 7.05 Å². The largest absolute Gasteiger partial charge is 0.379 e. The molecule has 8 nitrogen and oxygen atoms in total. The molecule has 0 radical (unpaired) electrons. The Bertz CT molecular complexity index is 873. The van der Waals surface area contributed by atoms with E-state index in [-0.39, 0.29) is 0 Å². The number of rotatable bonds is 8. The number of aryl methyl sites for hydroxylation is 2. The maximum absolute atomic E-state index is 5.48. The van der Waals surface area contributed by atoms with Gasteiger partial charge >= 0.3 is 0 Å². The number of hydrogen-bond donors (Lipinski definition) is 2. The average molecular weight is 440 g/mol. The molecule has 1 fully saturated rings. The molecule has 1 saturated heterocycles. The molecule has 4 rings (SSSR count). The van der Waals surface area contributed by atoms with Gasteiger partial charge in [0.1, 0.15) is 11.6 Å². The monoisotopic (exact) mass is 439 g/mol. The van der Waals surface area contributed by atoms with E-state index < -0.39 is 0 Å². The number of hydrogen-bond acceptors (Lipinski definition) is 5. The SMILES string of the molecule is CN=C(NCCCc1nnc2n1CCCCC2)NCc1ccccc1CN1CCOCC1. The van der Waals surface area contributed by atoms with Gasteiger partial charge in [0.2, 0.25) is 0 Å². The summed E-state index contributed by atoms with van der Waals surface area (Å²) in [4.78, 5) is 6.86. The number of benzene rings is 1. The van der Waals surface area contributed by atoms with Crippen LogP contribution < -0.4 is 10.6 Å². The molecule has 1 aromatic carbocycles. The first kappa shape index (κ1) is 22.7. The molecule has 3 heterocycles. The first-order valence-electron chi connectivity index (χ1n) is 12.1. The van der Waals surface area contributed by atoms with Crippen molar-refractivity contribution in [1.29, 1.82) is 0 Å². The van der Waals surface area contributed by atoms with E-state index in [0.29, 0.717) is 0 Å². The van der Waals surface area contributed by atoms with Gasteiger partial charge in [0.15, 0.2) is 5.96 Å². The summed E-state index contributed by atoms with van der Waals surface area (Å²) in [6.45, 7) is 7.31. The van der Waals surface area contributed by atoms with Crippen molar-refractivity contribution < 1.29 is 4.74 Å². The van der Waals surface area contributed by atoms with Crippen molar-refractivity contribution in [3.05, 3.63) is 47.0 Å². The molecule has 1 aromatic heterocycles. The number of guanidine groups is 1. The minimum atomic E-state index is 0.762. The number of aliphatic imine (C=N–C) groups is 1. The van der Waals surface area contributed by atoms with E-state index in [1.165, 1.54) is 36.2 Å². The van der Waals surface area contributed by atoms with E-state index in [9.17, 15) is 0 Å². The highest BCUT2D eigenvalue weighted by Crippen LogP contribution is 2.15. The molecule has 2 N–H and O–H groups in total. The average Bonchev–Trinajstić information content (AvgIpc) is 3.05. The van der Waals surface area contributed by atoms with Crippen molar-refractivity contribution >= 4 is 5.96 Å². The summed E-state index contributed by atoms with van der Waals surface area (Å²) in [7, 11) is 1.83. The Labute approximate surface area is 191 Å². The summed E-state index contributed by atoms with van der Waals surface area (Å²) in [5.74, 6) is 3.13. The molecule has 0 unspecified atom stereocenters. The van der Waals surface area contributed by atoms with Crippen LogP contribution in [0.15, 0.2) is 29.3 Å². The molecule has 0 bridgehead atoms. The van der Waals surface area contributed by atoms with Crippen LogP contribution in [0.4, 0.5) is 0 Å². The number of fused-ring (bicyclic) bond motifs is 1. The summed E-state index contributed by atoms with van der Waals surface area (Å²) in [6, 6.07) is 8.66. The predicted molar refractivity (Wildman–Crippen MR) is 127 cm³/mol. The smallest absolute Gasteiger partial charge is 0.191 e. The lowest BCUT2D eigenvalue weighted by atomic mass is 10.1. The van der Waals surface area contributed by atoms with Crippen LogP contribution in [0.25, 0.3) is 0 Å². The third-order valence-corrected chi connectivity index (χ3v) is 6.34. The lowest BCUT2D eigenvalue weighted by Crippen LogP contribution is -2.38. The zero-order chi connectivity index (χ0) is 22.0. The first-order valence-corrected chi connectivity index (χ1v) is 12.1. The fourth-order valence-corrected chi connectivity index (χ4v) is 4.47. The van der Waals surface area contributed by atoms with Crippen LogP contribution in [0.5, 0.6) is 0 Å². The van der Waals surface area contributed by atoms with E-state index >= 15 is 0 Å². The van der Waals surface area contributed by atoms with E-state index in [0.717, 1.165) is 83.5 Å². The minimum absolute atomic E-state index is 0.762. The summed E-state index contributed by atoms with van der Waals surface area (Å²) in [5.41, 5.74) is 2.68. The Hall–Kier alpha value is -2.45. The van der Waals surface area contributed by atoms with Gasteiger partial charge in [-0.05, 0) is 30.4 Å². The molecule has 174 valence electrons. The van der Waals surface area contributed by atoms with Crippen molar-refractivity contribution in [2.75, 3.05) is 39.9 Å². The molecule has 0 amide bonds. The van der Waals surface area contributed by atoms with Crippen molar-refractivity contribution in [2.45, 2.75) is 58.2 Å². The highest BCUT2D eigenvalue weighted by Gasteiger charge is 2.15. The van der Waals surface area contributed by atoms with Gasteiger partial charge in [0.05, 0.1) is 13.2 Å². The molecule has 2 aromatic rings. The first-order chi connectivity index (χ1) is 15.8. The second-order valence-electron chi connectivity index (χ2n) is 8.61. The van der Waals surface area contributed by atoms with Crippen LogP contribution in [0.3, 0.4) is 0 Å². The zero-order valence-electron chi connectivity index (χ0n) is 19.4. The standard InChI is InChI=1S/C24H37N7O/c1-25-24(26-12-7-11-23-29-28-22-10-3-2-6-13-31(22)23)27-18-20-8-4-5-9-21(20)19-30-14-16-32-17-15-30/h4-5,8-9H,2-3,6-7,10-19H2,1H3,(H2,25,26,27). The molecule has 32 heavy (non-hydrogen) atoms. The zero-order valence-corrected chi connectivity index (χ0v) is 19.4. The third kappa shape index (κ3) is 6.29. The highest BCUT2D eigenvalue weighted by atomic mass is 16.5. The van der Waals surface area contributed by atoms with E-state index in [2.05, 4.69) is 59.6 Å². The Balaban J connectivity index is 1.22. The summed E-state index contributed by atoms with van der Waals surface area (Å²) < 4.78 is 7.82. The van der Waals surface area contributed by atoms with Crippen LogP contribution in [0.1, 0.15) is 48.5 Å². The Morgan fingerprint density at radius 3 is 2.72 bits per heavy atom. The van der Waals surface area contributed by atoms with Crippen molar-refractivity contribution in [1.82, 2.24) is 30.3 Å². The molecule has 2 aliphatic heterocycles. The second-order valence-corrected chi connectivity index (χ2v) is 8.61. The maximum atomic E-state index is 5.48. The van der Waals surface area contributed by atoms with Gasteiger partial charge in [-0.3, -0.25) is 9.89 Å². The van der Waals surface area contributed by atoms with Crippen molar-refractivity contribution in [2.24, 2.45) is 4.99 Å². The molecule has 0 spiro atoms. The third-order valence-electron chi connectivity index (χ3n) is 6.34. The number of ether oxygens (including phenoxy) is 1. The molecule has 2 aliphatic rings.